The van der Waals surface area contributed by atoms with Crippen molar-refractivity contribution in [3.05, 3.63) is 127 Å². The molecule has 0 spiro atoms. The van der Waals surface area contributed by atoms with Crippen LogP contribution in [0.5, 0.6) is 0 Å². The Morgan fingerprint density at radius 3 is 1.85 bits per heavy atom. The molecule has 2 heterocycles. The van der Waals surface area contributed by atoms with Crippen molar-refractivity contribution in [2.75, 3.05) is 6.61 Å². The molecule has 0 bridgehead atoms. The van der Waals surface area contributed by atoms with Crippen LogP contribution in [0.4, 0.5) is 0 Å². The molecule has 0 amide bonds. The number of aromatic nitrogens is 1. The number of ether oxygens (including phenoxy) is 2. The minimum absolute atomic E-state index is 0.0824. The third kappa shape index (κ3) is 6.18. The Labute approximate surface area is 283 Å². The fraction of sp³-hybridized carbons (Fsp3) is 0.316. The van der Waals surface area contributed by atoms with Gasteiger partial charge in [-0.25, -0.2) is 12.4 Å². The third-order valence-electron chi connectivity index (χ3n) is 9.02. The highest BCUT2D eigenvalue weighted by Crippen LogP contribution is 2.41. The molecule has 1 fully saturated rings. The fourth-order valence-corrected chi connectivity index (χ4v) is 13.1. The first-order chi connectivity index (χ1) is 22.8. The summed E-state index contributed by atoms with van der Waals surface area (Å²) in [6.45, 7) is 9.77. The molecule has 48 heavy (non-hydrogen) atoms. The molecule has 0 aliphatic carbocycles. The number of aliphatic hydroxyl groups is 2. The summed E-state index contributed by atoms with van der Waals surface area (Å²) in [5.74, 6) is -1.18. The first-order valence-electron chi connectivity index (χ1n) is 16.1. The highest BCUT2D eigenvalue weighted by Gasteiger charge is 2.53. The highest BCUT2D eigenvalue weighted by molar-refractivity contribution is 7.90. The number of benzene rings is 4. The van der Waals surface area contributed by atoms with E-state index in [-0.39, 0.29) is 22.2 Å². The first-order valence-corrected chi connectivity index (χ1v) is 19.5. The molecule has 5 aromatic rings. The predicted octanol–water partition coefficient (Wildman–Crippen LogP) is 5.37. The predicted molar refractivity (Wildman–Crippen MR) is 189 cm³/mol. The maximum absolute atomic E-state index is 14.1. The van der Waals surface area contributed by atoms with Crippen LogP contribution >= 0.6 is 0 Å². The molecule has 1 aliphatic heterocycles. The number of aliphatic hydroxyl groups excluding tert-OH is 2. The summed E-state index contributed by atoms with van der Waals surface area (Å²) in [7, 11) is -7.13. The van der Waals surface area contributed by atoms with Gasteiger partial charge in [0.15, 0.2) is 5.79 Å². The Balaban J connectivity index is 1.38. The molecule has 2 N–H and O–H groups in total. The van der Waals surface area contributed by atoms with E-state index < -0.39 is 48.5 Å². The molecule has 1 saturated heterocycles. The van der Waals surface area contributed by atoms with Gasteiger partial charge >= 0.3 is 0 Å². The van der Waals surface area contributed by atoms with Crippen molar-refractivity contribution in [2.24, 2.45) is 0 Å². The van der Waals surface area contributed by atoms with Crippen LogP contribution < -0.4 is 10.4 Å². The van der Waals surface area contributed by atoms with Gasteiger partial charge < -0.3 is 24.1 Å². The van der Waals surface area contributed by atoms with Crippen LogP contribution in [0, 0.1) is 0 Å². The van der Waals surface area contributed by atoms with Gasteiger partial charge in [-0.15, -0.1) is 0 Å². The van der Waals surface area contributed by atoms with Gasteiger partial charge in [-0.05, 0) is 53.5 Å². The average Bonchev–Trinajstić information content (AvgIpc) is 3.63. The summed E-state index contributed by atoms with van der Waals surface area (Å²) >= 11 is 0. The van der Waals surface area contributed by atoms with Crippen LogP contribution in [0.15, 0.2) is 126 Å². The third-order valence-corrected chi connectivity index (χ3v) is 15.8. The van der Waals surface area contributed by atoms with Crippen LogP contribution in [0.1, 0.15) is 46.4 Å². The topological polar surface area (TPSA) is 107 Å². The van der Waals surface area contributed by atoms with Gasteiger partial charge in [0.2, 0.25) is 0 Å². The molecule has 6 rings (SSSR count). The maximum atomic E-state index is 14.1. The molecule has 0 saturated carbocycles. The Hall–Kier alpha value is -3.61. The Kier molecular flexibility index (Phi) is 9.29. The van der Waals surface area contributed by atoms with Crippen molar-refractivity contribution in [3.63, 3.8) is 0 Å². The minimum Gasteiger partial charge on any atom is -0.405 e. The van der Waals surface area contributed by atoms with Crippen LogP contribution in [-0.2, 0) is 23.9 Å². The molecule has 1 aliphatic rings. The van der Waals surface area contributed by atoms with Crippen molar-refractivity contribution in [1.29, 1.82) is 0 Å². The number of fused-ring (bicyclic) bond motifs is 1. The molecule has 1 aromatic heterocycles. The zero-order valence-corrected chi connectivity index (χ0v) is 29.7. The Bertz CT molecular complexity index is 1920. The molecule has 252 valence electrons. The molecule has 1 unspecified atom stereocenters. The summed E-state index contributed by atoms with van der Waals surface area (Å²) in [4.78, 5) is 0.0824. The lowest BCUT2D eigenvalue weighted by Crippen LogP contribution is -2.67. The summed E-state index contributed by atoms with van der Waals surface area (Å²) < 4.78 is 48.8. The second kappa shape index (κ2) is 13.0. The molecule has 10 heteroatoms. The van der Waals surface area contributed by atoms with E-state index >= 15 is 0 Å². The summed E-state index contributed by atoms with van der Waals surface area (Å²) in [5.41, 5.74) is 0.525. The highest BCUT2D eigenvalue weighted by atomic mass is 32.2. The van der Waals surface area contributed by atoms with Gasteiger partial charge in [0, 0.05) is 5.39 Å². The van der Waals surface area contributed by atoms with E-state index in [9.17, 15) is 18.6 Å². The van der Waals surface area contributed by atoms with Gasteiger partial charge in [0.05, 0.1) is 22.7 Å². The van der Waals surface area contributed by atoms with E-state index in [2.05, 4.69) is 45.0 Å². The molecule has 4 aromatic carbocycles. The zero-order valence-electron chi connectivity index (χ0n) is 27.9. The second-order valence-electron chi connectivity index (χ2n) is 13.8. The summed E-state index contributed by atoms with van der Waals surface area (Å²) in [6.07, 6.45) is -4.87. The lowest BCUT2D eigenvalue weighted by molar-refractivity contribution is -0.162. The van der Waals surface area contributed by atoms with Crippen molar-refractivity contribution < 1.29 is 32.5 Å². The van der Waals surface area contributed by atoms with E-state index in [1.807, 2.05) is 42.5 Å². The summed E-state index contributed by atoms with van der Waals surface area (Å²) in [5, 5.41) is 26.4. The van der Waals surface area contributed by atoms with Gasteiger partial charge in [-0.1, -0.05) is 118 Å². The molecule has 0 radical (unpaired) electrons. The quantitative estimate of drug-likeness (QED) is 0.191. The van der Waals surface area contributed by atoms with Gasteiger partial charge in [0.1, 0.15) is 24.4 Å². The van der Waals surface area contributed by atoms with Gasteiger partial charge in [-0.3, -0.25) is 0 Å². The second-order valence-corrected chi connectivity index (χ2v) is 19.9. The normalized spacial score (nSPS) is 19.7. The minimum atomic E-state index is -4.12. The lowest BCUT2D eigenvalue weighted by atomic mass is 10.0. The Morgan fingerprint density at radius 2 is 1.29 bits per heavy atom. The van der Waals surface area contributed by atoms with E-state index in [0.717, 1.165) is 10.4 Å². The monoisotopic (exact) mass is 685 g/mol. The van der Waals surface area contributed by atoms with Crippen LogP contribution in [-0.4, -0.2) is 61.6 Å². The standard InChI is InChI=1S/C38H43NO7SSi/c1-37(2,3)48(29-20-11-7-12-21-29,30-22-13-8-14-23-30)44-26-33(40)35-36(46-38(4,5)45-35)34(41)32-25-27-17-15-16-24-31(27)39(32)47(42,43)28-18-9-6-10-19-28/h6-25,33-36,40-41H,26H2,1-5H3/t33-,34?,35-,36-/m1/s1. The number of hydrogen-bond donors (Lipinski definition) is 2. The number of hydrogen-bond acceptors (Lipinski definition) is 7. The molecule has 8 nitrogen and oxygen atoms in total. The van der Waals surface area contributed by atoms with Gasteiger partial charge in [-0.2, -0.15) is 0 Å². The number of para-hydroxylation sites is 1. The van der Waals surface area contributed by atoms with Crippen LogP contribution in [0.3, 0.4) is 0 Å². The smallest absolute Gasteiger partial charge is 0.268 e. The first kappa shape index (κ1) is 34.3. The van der Waals surface area contributed by atoms with Crippen LogP contribution in [0.25, 0.3) is 10.9 Å². The largest absolute Gasteiger partial charge is 0.405 e. The van der Waals surface area contributed by atoms with Gasteiger partial charge in [0.25, 0.3) is 18.3 Å². The SMILES string of the molecule is CC1(C)O[C@H]([C@H](O)CO[Si](c2ccccc2)(c2ccccc2)C(C)(C)C)[C@@H](C(O)c2cc3ccccc3n2S(=O)(=O)c2ccccc2)O1. The van der Waals surface area contributed by atoms with E-state index in [0.29, 0.717) is 10.9 Å². The molecular formula is C38H43NO7SSi. The fourth-order valence-electron chi connectivity index (χ4n) is 6.92. The lowest BCUT2D eigenvalue weighted by Gasteiger charge is -2.43. The van der Waals surface area contributed by atoms with E-state index in [1.165, 1.54) is 16.1 Å². The van der Waals surface area contributed by atoms with E-state index in [1.54, 1.807) is 56.3 Å². The zero-order chi connectivity index (χ0) is 34.3. The average molecular weight is 686 g/mol. The maximum Gasteiger partial charge on any atom is 0.268 e. The summed E-state index contributed by atoms with van der Waals surface area (Å²) in [6, 6.07) is 37.0. The molecular weight excluding hydrogens is 643 g/mol. The number of nitrogens with zero attached hydrogens (tertiary/aromatic N) is 1. The van der Waals surface area contributed by atoms with Crippen LogP contribution in [0.2, 0.25) is 5.04 Å². The van der Waals surface area contributed by atoms with Crippen molar-refractivity contribution in [1.82, 2.24) is 3.97 Å². The Morgan fingerprint density at radius 1 is 0.792 bits per heavy atom. The van der Waals surface area contributed by atoms with Crippen molar-refractivity contribution in [2.45, 2.75) is 74.8 Å². The molecule has 4 atom stereocenters. The number of rotatable bonds is 10. The van der Waals surface area contributed by atoms with E-state index in [4.69, 9.17) is 13.9 Å². The van der Waals surface area contributed by atoms with Crippen molar-refractivity contribution in [3.8, 4) is 0 Å². The van der Waals surface area contributed by atoms with Crippen molar-refractivity contribution >= 4 is 39.6 Å².